The first-order valence-corrected chi connectivity index (χ1v) is 14.5. The van der Waals surface area contributed by atoms with Gasteiger partial charge >= 0.3 is 12.1 Å². The lowest BCUT2D eigenvalue weighted by Gasteiger charge is -2.40. The van der Waals surface area contributed by atoms with Crippen LogP contribution in [0.25, 0.3) is 22.8 Å². The highest BCUT2D eigenvalue weighted by Crippen LogP contribution is 2.33. The molecule has 45 heavy (non-hydrogen) atoms. The zero-order chi connectivity index (χ0) is 31.2. The molecule has 2 N–H and O–H groups in total. The minimum Gasteiger partial charge on any atom is -0.463 e. The molecule has 5 aromatic rings. The molecule has 0 radical (unpaired) electrons. The van der Waals surface area contributed by atoms with Gasteiger partial charge in [0.05, 0.1) is 18.9 Å². The first-order chi connectivity index (χ1) is 22.0. The molecule has 4 heterocycles. The maximum absolute atomic E-state index is 12.7. The van der Waals surface area contributed by atoms with Crippen molar-refractivity contribution in [3.8, 4) is 22.8 Å². The molecule has 0 aliphatic carbocycles. The zero-order valence-electron chi connectivity index (χ0n) is 24.8. The van der Waals surface area contributed by atoms with Crippen molar-refractivity contribution in [3.63, 3.8) is 0 Å². The number of anilines is 3. The standard InChI is InChI=1S/C33H32N6O6/c1-21-14-15-39(29(16-21)37-33(41)43-19-22-6-4-3-5-7-22)24-10-8-23(9-11-24)36-32-35-17-25(28-18-34-20-44-28)30(38-32)26-12-13-27(45-26)31(40)42-2/h3-13,17-18,20-21,29H,14-16,19H2,1-2H3,(H,37,41)(H,35,36,38). The molecule has 0 saturated carbocycles. The molecule has 230 valence electrons. The SMILES string of the molecule is COC(=O)c1ccc(-c2nc(Nc3ccc(N4CCC(C)CC4NC(=O)OCc4ccccc4)cc3)ncc2-c2cnco2)o1. The van der Waals surface area contributed by atoms with Gasteiger partial charge in [-0.1, -0.05) is 37.3 Å². The fraction of sp³-hybridized carbons (Fsp3) is 0.242. The van der Waals surface area contributed by atoms with Gasteiger partial charge in [0.25, 0.3) is 0 Å². The second-order valence-electron chi connectivity index (χ2n) is 10.7. The average molecular weight is 609 g/mol. The van der Waals surface area contributed by atoms with Gasteiger partial charge < -0.3 is 33.8 Å². The molecule has 1 saturated heterocycles. The lowest BCUT2D eigenvalue weighted by molar-refractivity contribution is 0.0566. The van der Waals surface area contributed by atoms with Crippen LogP contribution in [0.3, 0.4) is 0 Å². The van der Waals surface area contributed by atoms with Gasteiger partial charge in [0.15, 0.2) is 17.9 Å². The van der Waals surface area contributed by atoms with E-state index in [2.05, 4.69) is 37.4 Å². The lowest BCUT2D eigenvalue weighted by Crippen LogP contribution is -2.52. The number of furan rings is 1. The van der Waals surface area contributed by atoms with Crippen LogP contribution in [0, 0.1) is 5.92 Å². The fourth-order valence-corrected chi connectivity index (χ4v) is 5.19. The highest BCUT2D eigenvalue weighted by molar-refractivity contribution is 5.87. The summed E-state index contributed by atoms with van der Waals surface area (Å²) < 4.78 is 21.5. The van der Waals surface area contributed by atoms with Crippen molar-refractivity contribution < 1.29 is 27.9 Å². The third-order valence-electron chi connectivity index (χ3n) is 7.53. The van der Waals surface area contributed by atoms with Gasteiger partial charge in [0, 0.05) is 24.1 Å². The van der Waals surface area contributed by atoms with Crippen molar-refractivity contribution >= 4 is 29.4 Å². The van der Waals surface area contributed by atoms with Crippen LogP contribution in [0.15, 0.2) is 94.4 Å². The molecule has 1 fully saturated rings. The Labute approximate surface area is 259 Å². The Morgan fingerprint density at radius 3 is 2.60 bits per heavy atom. The summed E-state index contributed by atoms with van der Waals surface area (Å²) in [6.45, 7) is 3.20. The molecule has 12 nitrogen and oxygen atoms in total. The van der Waals surface area contributed by atoms with E-state index in [1.807, 2.05) is 54.6 Å². The van der Waals surface area contributed by atoms with Gasteiger partial charge in [-0.2, -0.15) is 0 Å². The number of methoxy groups -OCH3 is 1. The van der Waals surface area contributed by atoms with Crippen LogP contribution in [-0.4, -0.2) is 46.8 Å². The molecule has 12 heteroatoms. The second-order valence-corrected chi connectivity index (χ2v) is 10.7. The van der Waals surface area contributed by atoms with E-state index in [9.17, 15) is 9.59 Å². The molecule has 2 aromatic carbocycles. The van der Waals surface area contributed by atoms with Crippen LogP contribution in [0.4, 0.5) is 22.1 Å². The summed E-state index contributed by atoms with van der Waals surface area (Å²) in [5.41, 5.74) is 3.60. The highest BCUT2D eigenvalue weighted by atomic mass is 16.5. The van der Waals surface area contributed by atoms with Gasteiger partial charge in [0.2, 0.25) is 11.7 Å². The Bertz CT molecular complexity index is 1740. The number of oxazole rings is 1. The van der Waals surface area contributed by atoms with E-state index in [1.165, 1.54) is 19.6 Å². The van der Waals surface area contributed by atoms with Crippen LogP contribution in [0.5, 0.6) is 0 Å². The monoisotopic (exact) mass is 608 g/mol. The van der Waals surface area contributed by atoms with Crippen molar-refractivity contribution in [1.82, 2.24) is 20.3 Å². The molecule has 6 rings (SSSR count). The third-order valence-corrected chi connectivity index (χ3v) is 7.53. The van der Waals surface area contributed by atoms with Crippen LogP contribution in [0.2, 0.25) is 0 Å². The van der Waals surface area contributed by atoms with Crippen molar-refractivity contribution in [3.05, 3.63) is 96.8 Å². The van der Waals surface area contributed by atoms with Crippen LogP contribution in [0.1, 0.15) is 35.9 Å². The van der Waals surface area contributed by atoms with Crippen LogP contribution in [-0.2, 0) is 16.1 Å². The molecular formula is C33H32N6O6. The number of amides is 1. The molecule has 3 aromatic heterocycles. The Morgan fingerprint density at radius 1 is 1.02 bits per heavy atom. The first kappa shape index (κ1) is 29.4. The van der Waals surface area contributed by atoms with E-state index in [0.29, 0.717) is 34.6 Å². The Balaban J connectivity index is 1.17. The molecular weight excluding hydrogens is 576 g/mol. The predicted molar refractivity (Wildman–Crippen MR) is 166 cm³/mol. The lowest BCUT2D eigenvalue weighted by atomic mass is 9.96. The molecule has 1 aliphatic rings. The number of carbonyl (C=O) groups is 2. The number of ether oxygens (including phenoxy) is 2. The summed E-state index contributed by atoms with van der Waals surface area (Å²) in [5, 5.41) is 6.28. The van der Waals surface area contributed by atoms with E-state index >= 15 is 0 Å². The van der Waals surface area contributed by atoms with Gasteiger partial charge in [-0.05, 0) is 60.7 Å². The van der Waals surface area contributed by atoms with Crippen LogP contribution >= 0.6 is 0 Å². The predicted octanol–water partition coefficient (Wildman–Crippen LogP) is 6.41. The molecule has 0 spiro atoms. The number of piperidine rings is 1. The number of rotatable bonds is 9. The Morgan fingerprint density at radius 2 is 1.84 bits per heavy atom. The average Bonchev–Trinajstić information content (AvgIpc) is 3.78. The quantitative estimate of drug-likeness (QED) is 0.179. The summed E-state index contributed by atoms with van der Waals surface area (Å²) >= 11 is 0. The summed E-state index contributed by atoms with van der Waals surface area (Å²) in [6, 6.07) is 20.6. The maximum Gasteiger partial charge on any atom is 0.409 e. The highest BCUT2D eigenvalue weighted by Gasteiger charge is 2.28. The van der Waals surface area contributed by atoms with Crippen LogP contribution < -0.4 is 15.5 Å². The van der Waals surface area contributed by atoms with Crippen molar-refractivity contribution in [2.24, 2.45) is 5.92 Å². The largest absolute Gasteiger partial charge is 0.463 e. The van der Waals surface area contributed by atoms with Crippen molar-refractivity contribution in [2.45, 2.75) is 32.5 Å². The van der Waals surface area contributed by atoms with E-state index in [4.69, 9.17) is 18.3 Å². The number of aromatic nitrogens is 3. The molecule has 0 bridgehead atoms. The van der Waals surface area contributed by atoms with Crippen molar-refractivity contribution in [2.75, 3.05) is 23.9 Å². The summed E-state index contributed by atoms with van der Waals surface area (Å²) in [7, 11) is 1.28. The van der Waals surface area contributed by atoms with Gasteiger partial charge in [0.1, 0.15) is 18.5 Å². The smallest absolute Gasteiger partial charge is 0.409 e. The number of hydrogen-bond acceptors (Lipinski definition) is 11. The summed E-state index contributed by atoms with van der Waals surface area (Å²) in [6.07, 6.45) is 5.62. The fourth-order valence-electron chi connectivity index (χ4n) is 5.19. The maximum atomic E-state index is 12.7. The minimum atomic E-state index is -0.598. The normalized spacial score (nSPS) is 16.2. The summed E-state index contributed by atoms with van der Waals surface area (Å²) in [4.78, 5) is 40.0. The second kappa shape index (κ2) is 13.3. The van der Waals surface area contributed by atoms with Crippen molar-refractivity contribution in [1.29, 1.82) is 0 Å². The Kier molecular flexibility index (Phi) is 8.72. The topological polar surface area (TPSA) is 145 Å². The number of nitrogens with zero attached hydrogens (tertiary/aromatic N) is 4. The molecule has 2 unspecified atom stereocenters. The zero-order valence-corrected chi connectivity index (χ0v) is 24.8. The minimum absolute atomic E-state index is 0.0455. The van der Waals surface area contributed by atoms with E-state index in [0.717, 1.165) is 36.3 Å². The van der Waals surface area contributed by atoms with E-state index in [-0.39, 0.29) is 18.5 Å². The van der Waals surface area contributed by atoms with E-state index in [1.54, 1.807) is 18.5 Å². The number of hydrogen-bond donors (Lipinski definition) is 2. The van der Waals surface area contributed by atoms with Gasteiger partial charge in [-0.3, -0.25) is 0 Å². The number of benzene rings is 2. The van der Waals surface area contributed by atoms with Gasteiger partial charge in [-0.15, -0.1) is 0 Å². The number of nitrogens with one attached hydrogen (secondary N) is 2. The number of alkyl carbamates (subject to hydrolysis) is 1. The molecule has 1 aliphatic heterocycles. The number of esters is 1. The molecule has 2 atom stereocenters. The van der Waals surface area contributed by atoms with Gasteiger partial charge in [-0.25, -0.2) is 24.5 Å². The Hall–Kier alpha value is -5.65. The number of carbonyl (C=O) groups excluding carboxylic acids is 2. The van der Waals surface area contributed by atoms with E-state index < -0.39 is 12.1 Å². The third kappa shape index (κ3) is 6.96. The first-order valence-electron chi connectivity index (χ1n) is 14.5. The summed E-state index contributed by atoms with van der Waals surface area (Å²) in [5.74, 6) is 1.00. The molecule has 1 amide bonds.